The first-order valence-corrected chi connectivity index (χ1v) is 4.26. The number of carbonyl (C=O) groups excluding carboxylic acids is 1. The van der Waals surface area contributed by atoms with E-state index >= 15 is 0 Å². The Morgan fingerprint density at radius 3 is 2.92 bits per heavy atom. The smallest absolute Gasteiger partial charge is 0.224 e. The fourth-order valence-electron chi connectivity index (χ4n) is 1.57. The van der Waals surface area contributed by atoms with Crippen molar-refractivity contribution in [1.82, 2.24) is 0 Å². The van der Waals surface area contributed by atoms with Crippen molar-refractivity contribution >= 4 is 11.6 Å². The fourth-order valence-corrected chi connectivity index (χ4v) is 1.57. The van der Waals surface area contributed by atoms with Crippen molar-refractivity contribution in [2.24, 2.45) is 0 Å². The van der Waals surface area contributed by atoms with Gasteiger partial charge in [0.15, 0.2) is 0 Å². The molecule has 0 aliphatic carbocycles. The van der Waals surface area contributed by atoms with Crippen LogP contribution in [-0.2, 0) is 11.2 Å². The first-order valence-electron chi connectivity index (χ1n) is 4.26. The maximum atomic E-state index is 13.1. The molecule has 1 aliphatic rings. The number of fused-ring (bicyclic) bond motifs is 1. The van der Waals surface area contributed by atoms with Crippen LogP contribution in [0.25, 0.3) is 0 Å². The molecule has 0 unspecified atom stereocenters. The Morgan fingerprint density at radius 2 is 2.15 bits per heavy atom. The Morgan fingerprint density at radius 1 is 1.38 bits per heavy atom. The van der Waals surface area contributed by atoms with Crippen LogP contribution < -0.4 is 5.32 Å². The highest BCUT2D eigenvalue weighted by molar-refractivity contribution is 5.94. The van der Waals surface area contributed by atoms with Gasteiger partial charge in [0.05, 0.1) is 0 Å². The molecular weight excluding hydrogens is 169 g/mol. The Hall–Kier alpha value is -1.38. The van der Waals surface area contributed by atoms with Crippen molar-refractivity contribution < 1.29 is 9.18 Å². The summed E-state index contributed by atoms with van der Waals surface area (Å²) >= 11 is 0. The number of rotatable bonds is 0. The predicted molar refractivity (Wildman–Crippen MR) is 48.1 cm³/mol. The first-order chi connectivity index (χ1) is 6.18. The molecule has 68 valence electrons. The largest absolute Gasteiger partial charge is 0.325 e. The van der Waals surface area contributed by atoms with Gasteiger partial charge in [-0.1, -0.05) is 6.07 Å². The Labute approximate surface area is 75.8 Å². The normalized spacial score (nSPS) is 15.1. The summed E-state index contributed by atoms with van der Waals surface area (Å²) in [6.07, 6.45) is 1.21. The van der Waals surface area contributed by atoms with E-state index in [0.717, 1.165) is 5.56 Å². The molecule has 13 heavy (non-hydrogen) atoms. The van der Waals surface area contributed by atoms with E-state index in [1.807, 2.05) is 0 Å². The molecule has 1 aromatic carbocycles. The first kappa shape index (κ1) is 8.23. The quantitative estimate of drug-likeness (QED) is 0.648. The lowest BCUT2D eigenvalue weighted by Crippen LogP contribution is -2.20. The lowest BCUT2D eigenvalue weighted by atomic mass is 9.99. The molecule has 1 aliphatic heterocycles. The summed E-state index contributed by atoms with van der Waals surface area (Å²) in [7, 11) is 0. The zero-order chi connectivity index (χ0) is 9.42. The highest BCUT2D eigenvalue weighted by atomic mass is 19.1. The van der Waals surface area contributed by atoms with E-state index < -0.39 is 0 Å². The molecule has 0 saturated heterocycles. The van der Waals surface area contributed by atoms with Gasteiger partial charge < -0.3 is 5.32 Å². The number of aryl methyl sites for hydroxylation is 1. The molecule has 1 aromatic rings. The molecule has 1 N–H and O–H groups in total. The zero-order valence-electron chi connectivity index (χ0n) is 7.36. The summed E-state index contributed by atoms with van der Waals surface area (Å²) in [6.45, 7) is 1.68. The zero-order valence-corrected chi connectivity index (χ0v) is 7.36. The standard InChI is InChI=1S/C10H10FNO/c1-6-8(11)4-2-7-3-5-9(13)12-10(6)7/h2,4H,3,5H2,1H3,(H,12,13). The van der Waals surface area contributed by atoms with Crippen LogP contribution in [0.15, 0.2) is 12.1 Å². The third kappa shape index (κ3) is 1.30. The van der Waals surface area contributed by atoms with E-state index in [9.17, 15) is 9.18 Å². The number of benzene rings is 1. The van der Waals surface area contributed by atoms with Crippen LogP contribution in [0.4, 0.5) is 10.1 Å². The molecule has 0 spiro atoms. The Bertz CT molecular complexity index is 373. The lowest BCUT2D eigenvalue weighted by molar-refractivity contribution is -0.116. The average Bonchev–Trinajstić information content (AvgIpc) is 2.12. The molecule has 1 heterocycles. The van der Waals surface area contributed by atoms with Crippen molar-refractivity contribution in [3.05, 3.63) is 29.1 Å². The second-order valence-electron chi connectivity index (χ2n) is 3.25. The minimum absolute atomic E-state index is 0.0267. The molecule has 3 heteroatoms. The number of hydrogen-bond acceptors (Lipinski definition) is 1. The summed E-state index contributed by atoms with van der Waals surface area (Å²) in [6, 6.07) is 3.18. The SMILES string of the molecule is Cc1c(F)ccc2c1NC(=O)CC2. The van der Waals surface area contributed by atoms with Crippen LogP contribution in [0.3, 0.4) is 0 Å². The number of amides is 1. The third-order valence-corrected chi connectivity index (χ3v) is 2.37. The van der Waals surface area contributed by atoms with E-state index in [-0.39, 0.29) is 11.7 Å². The van der Waals surface area contributed by atoms with Gasteiger partial charge >= 0.3 is 0 Å². The maximum Gasteiger partial charge on any atom is 0.224 e. The van der Waals surface area contributed by atoms with Gasteiger partial charge in [-0.2, -0.15) is 0 Å². The summed E-state index contributed by atoms with van der Waals surface area (Å²) < 4.78 is 13.1. The van der Waals surface area contributed by atoms with Crippen molar-refractivity contribution in [2.45, 2.75) is 19.8 Å². The van der Waals surface area contributed by atoms with E-state index in [2.05, 4.69) is 5.32 Å². The second kappa shape index (κ2) is 2.83. The highest BCUT2D eigenvalue weighted by Gasteiger charge is 2.17. The summed E-state index contributed by atoms with van der Waals surface area (Å²) in [4.78, 5) is 11.1. The van der Waals surface area contributed by atoms with E-state index in [1.165, 1.54) is 6.07 Å². The fraction of sp³-hybridized carbons (Fsp3) is 0.300. The average molecular weight is 179 g/mol. The van der Waals surface area contributed by atoms with Crippen molar-refractivity contribution in [1.29, 1.82) is 0 Å². The molecule has 0 aromatic heterocycles. The van der Waals surface area contributed by atoms with Crippen LogP contribution >= 0.6 is 0 Å². The topological polar surface area (TPSA) is 29.1 Å². The van der Waals surface area contributed by atoms with Crippen LogP contribution in [0.2, 0.25) is 0 Å². The molecule has 1 amide bonds. The van der Waals surface area contributed by atoms with E-state index in [0.29, 0.717) is 24.1 Å². The molecule has 2 rings (SSSR count). The summed E-state index contributed by atoms with van der Waals surface area (Å²) in [5.41, 5.74) is 2.22. The van der Waals surface area contributed by atoms with Gasteiger partial charge in [-0.15, -0.1) is 0 Å². The predicted octanol–water partition coefficient (Wildman–Crippen LogP) is 2.02. The number of hydrogen-bond donors (Lipinski definition) is 1. The van der Waals surface area contributed by atoms with Crippen LogP contribution in [-0.4, -0.2) is 5.91 Å². The number of carbonyl (C=O) groups is 1. The van der Waals surface area contributed by atoms with Crippen molar-refractivity contribution in [3.63, 3.8) is 0 Å². The van der Waals surface area contributed by atoms with Crippen LogP contribution in [0, 0.1) is 12.7 Å². The van der Waals surface area contributed by atoms with Crippen LogP contribution in [0.1, 0.15) is 17.5 Å². The molecule has 0 atom stereocenters. The molecule has 0 saturated carbocycles. The minimum atomic E-state index is -0.263. The maximum absolute atomic E-state index is 13.1. The molecule has 0 fully saturated rings. The molecule has 2 nitrogen and oxygen atoms in total. The second-order valence-corrected chi connectivity index (χ2v) is 3.25. The van der Waals surface area contributed by atoms with E-state index in [4.69, 9.17) is 0 Å². The van der Waals surface area contributed by atoms with Crippen molar-refractivity contribution in [3.8, 4) is 0 Å². The third-order valence-electron chi connectivity index (χ3n) is 2.37. The molecular formula is C10H10FNO. The Balaban J connectivity index is 2.54. The molecule has 0 bridgehead atoms. The minimum Gasteiger partial charge on any atom is -0.325 e. The van der Waals surface area contributed by atoms with Gasteiger partial charge in [-0.3, -0.25) is 4.79 Å². The number of nitrogens with one attached hydrogen (secondary N) is 1. The van der Waals surface area contributed by atoms with Crippen molar-refractivity contribution in [2.75, 3.05) is 5.32 Å². The van der Waals surface area contributed by atoms with Gasteiger partial charge in [0.1, 0.15) is 5.82 Å². The van der Waals surface area contributed by atoms with Gasteiger partial charge in [-0.25, -0.2) is 4.39 Å². The molecule has 0 radical (unpaired) electrons. The highest BCUT2D eigenvalue weighted by Crippen LogP contribution is 2.27. The summed E-state index contributed by atoms with van der Waals surface area (Å²) in [5, 5.41) is 2.69. The number of halogens is 1. The summed E-state index contributed by atoms with van der Waals surface area (Å²) in [5.74, 6) is -0.290. The monoisotopic (exact) mass is 179 g/mol. The number of anilines is 1. The van der Waals surface area contributed by atoms with Crippen LogP contribution in [0.5, 0.6) is 0 Å². The van der Waals surface area contributed by atoms with Gasteiger partial charge in [-0.05, 0) is 25.0 Å². The lowest BCUT2D eigenvalue weighted by Gasteiger charge is -2.18. The van der Waals surface area contributed by atoms with Gasteiger partial charge in [0.2, 0.25) is 5.91 Å². The van der Waals surface area contributed by atoms with Gasteiger partial charge in [0, 0.05) is 17.7 Å². The Kier molecular flexibility index (Phi) is 1.79. The van der Waals surface area contributed by atoms with Gasteiger partial charge in [0.25, 0.3) is 0 Å². The van der Waals surface area contributed by atoms with E-state index in [1.54, 1.807) is 13.0 Å².